The predicted octanol–water partition coefficient (Wildman–Crippen LogP) is 3.35. The van der Waals surface area contributed by atoms with Crippen molar-refractivity contribution in [2.24, 2.45) is 0 Å². The zero-order valence-electron chi connectivity index (χ0n) is 14.1. The number of hydrogen-bond acceptors (Lipinski definition) is 5. The van der Waals surface area contributed by atoms with Gasteiger partial charge in [0, 0.05) is 15.4 Å². The summed E-state index contributed by atoms with van der Waals surface area (Å²) in [5.74, 6) is -0.830. The summed E-state index contributed by atoms with van der Waals surface area (Å²) < 4.78 is 11.5. The van der Waals surface area contributed by atoms with Gasteiger partial charge in [0.2, 0.25) is 5.76 Å². The van der Waals surface area contributed by atoms with E-state index < -0.39 is 17.5 Å². The van der Waals surface area contributed by atoms with Crippen molar-refractivity contribution in [3.63, 3.8) is 0 Å². The third-order valence-corrected chi connectivity index (χ3v) is 5.48. The van der Waals surface area contributed by atoms with Gasteiger partial charge in [-0.1, -0.05) is 15.9 Å². The Morgan fingerprint density at radius 2 is 2.15 bits per heavy atom. The number of nitrogens with zero attached hydrogens (tertiary/aromatic N) is 1. The molecular weight excluding hydrogens is 404 g/mol. The molecule has 1 aliphatic carbocycles. The molecule has 26 heavy (non-hydrogen) atoms. The maximum Gasteiger partial charge on any atom is 0.374 e. The fraction of sp³-hybridized carbons (Fsp3) is 0.389. The molecule has 3 amide bonds. The van der Waals surface area contributed by atoms with Crippen LogP contribution in [-0.4, -0.2) is 35.0 Å². The molecule has 1 aromatic heterocycles. The number of esters is 1. The molecule has 136 valence electrons. The minimum atomic E-state index is -0.763. The van der Waals surface area contributed by atoms with Crippen molar-refractivity contribution in [1.82, 2.24) is 10.2 Å². The van der Waals surface area contributed by atoms with Crippen molar-refractivity contribution in [3.8, 4) is 0 Å². The minimum Gasteiger partial charge on any atom is -0.460 e. The normalized spacial score (nSPS) is 18.3. The second-order valence-corrected chi connectivity index (χ2v) is 7.44. The summed E-state index contributed by atoms with van der Waals surface area (Å²) in [6, 6.07) is 4.88. The number of hydrogen-bond donors (Lipinski definition) is 1. The number of urea groups is 1. The Balaban J connectivity index is 1.76. The monoisotopic (exact) mass is 420 g/mol. The highest BCUT2D eigenvalue weighted by molar-refractivity contribution is 9.10. The fourth-order valence-corrected chi connectivity index (χ4v) is 3.85. The molecule has 0 radical (unpaired) electrons. The average Bonchev–Trinajstić information content (AvgIpc) is 3.05. The topological polar surface area (TPSA) is 88.8 Å². The maximum atomic E-state index is 12.7. The van der Waals surface area contributed by atoms with Crippen LogP contribution < -0.4 is 5.32 Å². The number of amides is 3. The van der Waals surface area contributed by atoms with E-state index in [0.717, 1.165) is 15.8 Å². The van der Waals surface area contributed by atoms with Crippen LogP contribution in [0.5, 0.6) is 0 Å². The molecule has 1 N–H and O–H groups in total. The summed E-state index contributed by atoms with van der Waals surface area (Å²) in [6.07, 6.45) is 2.21. The SMILES string of the molecule is CCOC(=O)c1oc2ccc(Br)cc2c1CN1C(=O)NC2(CCC2)C1=O. The summed E-state index contributed by atoms with van der Waals surface area (Å²) in [5.41, 5.74) is 0.206. The quantitative estimate of drug-likeness (QED) is 0.604. The third kappa shape index (κ3) is 2.51. The van der Waals surface area contributed by atoms with Crippen LogP contribution in [0, 0.1) is 0 Å². The van der Waals surface area contributed by atoms with Crippen LogP contribution in [0.2, 0.25) is 0 Å². The highest BCUT2D eigenvalue weighted by Gasteiger charge is 2.54. The Labute approximate surface area is 157 Å². The first-order chi connectivity index (χ1) is 12.4. The Kier molecular flexibility index (Phi) is 4.02. The standard InChI is InChI=1S/C18H17BrN2O5/c1-2-25-15(22)14-12(11-8-10(19)4-5-13(11)26-14)9-21-16(23)18(6-3-7-18)20-17(21)24/h4-5,8H,2-3,6-7,9H2,1H3,(H,20,24). The van der Waals surface area contributed by atoms with Crippen LogP contribution in [0.15, 0.2) is 27.1 Å². The van der Waals surface area contributed by atoms with E-state index in [1.165, 1.54) is 0 Å². The van der Waals surface area contributed by atoms with Crippen LogP contribution in [-0.2, 0) is 16.1 Å². The number of imide groups is 1. The van der Waals surface area contributed by atoms with Crippen molar-refractivity contribution < 1.29 is 23.5 Å². The molecule has 0 atom stereocenters. The predicted molar refractivity (Wildman–Crippen MR) is 95.5 cm³/mol. The lowest BCUT2D eigenvalue weighted by Crippen LogP contribution is -2.52. The molecule has 4 rings (SSSR count). The van der Waals surface area contributed by atoms with Gasteiger partial charge in [0.25, 0.3) is 5.91 Å². The van der Waals surface area contributed by atoms with E-state index in [2.05, 4.69) is 21.2 Å². The number of benzene rings is 1. The molecule has 1 aliphatic heterocycles. The van der Waals surface area contributed by atoms with Crippen LogP contribution >= 0.6 is 15.9 Å². The lowest BCUT2D eigenvalue weighted by molar-refractivity contribution is -0.134. The Bertz CT molecular complexity index is 931. The molecule has 1 aromatic carbocycles. The van der Waals surface area contributed by atoms with Gasteiger partial charge in [-0.25, -0.2) is 9.59 Å². The third-order valence-electron chi connectivity index (χ3n) is 4.98. The van der Waals surface area contributed by atoms with Gasteiger partial charge in [-0.15, -0.1) is 0 Å². The molecule has 2 aromatic rings. The van der Waals surface area contributed by atoms with E-state index in [9.17, 15) is 14.4 Å². The zero-order valence-corrected chi connectivity index (χ0v) is 15.7. The molecule has 8 heteroatoms. The van der Waals surface area contributed by atoms with E-state index in [4.69, 9.17) is 9.15 Å². The minimum absolute atomic E-state index is 0.0232. The van der Waals surface area contributed by atoms with Gasteiger partial charge in [-0.05, 0) is 44.4 Å². The zero-order chi connectivity index (χ0) is 18.5. The van der Waals surface area contributed by atoms with E-state index in [1.807, 2.05) is 0 Å². The Hall–Kier alpha value is -2.35. The number of carbonyl (C=O) groups is 3. The smallest absolute Gasteiger partial charge is 0.374 e. The Morgan fingerprint density at radius 1 is 1.38 bits per heavy atom. The molecule has 0 bridgehead atoms. The van der Waals surface area contributed by atoms with Crippen molar-refractivity contribution in [1.29, 1.82) is 0 Å². The van der Waals surface area contributed by atoms with Gasteiger partial charge >= 0.3 is 12.0 Å². The first-order valence-corrected chi connectivity index (χ1v) is 9.26. The molecule has 0 unspecified atom stereocenters. The molecule has 1 spiro atoms. The summed E-state index contributed by atoms with van der Waals surface area (Å²) in [6.45, 7) is 1.86. The lowest BCUT2D eigenvalue weighted by Gasteiger charge is -2.34. The van der Waals surface area contributed by atoms with E-state index in [1.54, 1.807) is 25.1 Å². The van der Waals surface area contributed by atoms with E-state index in [-0.39, 0.29) is 24.8 Å². The number of rotatable bonds is 4. The molecular formula is C18H17BrN2O5. The number of carbonyl (C=O) groups excluding carboxylic acids is 3. The number of ether oxygens (including phenoxy) is 1. The molecule has 1 saturated heterocycles. The fourth-order valence-electron chi connectivity index (χ4n) is 3.49. The van der Waals surface area contributed by atoms with Crippen LogP contribution in [0.1, 0.15) is 42.3 Å². The van der Waals surface area contributed by atoms with Gasteiger partial charge in [0.05, 0.1) is 13.2 Å². The highest BCUT2D eigenvalue weighted by Crippen LogP contribution is 2.39. The number of furan rings is 1. The van der Waals surface area contributed by atoms with Gasteiger partial charge in [-0.2, -0.15) is 0 Å². The molecule has 1 saturated carbocycles. The average molecular weight is 421 g/mol. The van der Waals surface area contributed by atoms with Crippen molar-refractivity contribution in [2.75, 3.05) is 6.61 Å². The van der Waals surface area contributed by atoms with Crippen LogP contribution in [0.4, 0.5) is 4.79 Å². The maximum absolute atomic E-state index is 12.7. The second kappa shape index (κ2) is 6.12. The van der Waals surface area contributed by atoms with Crippen molar-refractivity contribution in [3.05, 3.63) is 34.0 Å². The largest absolute Gasteiger partial charge is 0.460 e. The summed E-state index contributed by atoms with van der Waals surface area (Å²) in [5, 5.41) is 3.46. The summed E-state index contributed by atoms with van der Waals surface area (Å²) in [7, 11) is 0. The van der Waals surface area contributed by atoms with E-state index >= 15 is 0 Å². The summed E-state index contributed by atoms with van der Waals surface area (Å²) >= 11 is 3.40. The molecule has 7 nitrogen and oxygen atoms in total. The second-order valence-electron chi connectivity index (χ2n) is 6.53. The van der Waals surface area contributed by atoms with Gasteiger partial charge in [0.15, 0.2) is 0 Å². The van der Waals surface area contributed by atoms with Crippen molar-refractivity contribution >= 4 is 44.8 Å². The Morgan fingerprint density at radius 3 is 2.77 bits per heavy atom. The first kappa shape index (κ1) is 17.1. The molecule has 2 fully saturated rings. The van der Waals surface area contributed by atoms with Crippen molar-refractivity contribution in [2.45, 2.75) is 38.3 Å². The molecule has 2 aliphatic rings. The van der Waals surface area contributed by atoms with Gasteiger partial charge in [0.1, 0.15) is 11.1 Å². The molecule has 2 heterocycles. The highest BCUT2D eigenvalue weighted by atomic mass is 79.9. The van der Waals surface area contributed by atoms with Gasteiger partial charge in [-0.3, -0.25) is 9.69 Å². The van der Waals surface area contributed by atoms with Crippen LogP contribution in [0.25, 0.3) is 11.0 Å². The van der Waals surface area contributed by atoms with E-state index in [0.29, 0.717) is 29.4 Å². The first-order valence-electron chi connectivity index (χ1n) is 8.47. The lowest BCUT2D eigenvalue weighted by atomic mass is 9.77. The van der Waals surface area contributed by atoms with Crippen LogP contribution in [0.3, 0.4) is 0 Å². The number of fused-ring (bicyclic) bond motifs is 1. The van der Waals surface area contributed by atoms with Gasteiger partial charge < -0.3 is 14.5 Å². The number of nitrogens with one attached hydrogen (secondary N) is 1. The summed E-state index contributed by atoms with van der Waals surface area (Å²) in [4.78, 5) is 38.6. The number of halogens is 1.